The maximum Gasteiger partial charge on any atom is 0.416 e. The number of nitrogen functional groups attached to an aromatic ring is 1. The number of nitrogens with two attached hydrogens (primary N) is 1. The van der Waals surface area contributed by atoms with Gasteiger partial charge in [-0.1, -0.05) is 0 Å². The van der Waals surface area contributed by atoms with E-state index in [1.165, 1.54) is 36.7 Å². The van der Waals surface area contributed by atoms with Crippen LogP contribution in [0.2, 0.25) is 0 Å². The first-order valence-corrected chi connectivity index (χ1v) is 14.1. The van der Waals surface area contributed by atoms with Gasteiger partial charge in [-0.25, -0.2) is 4.98 Å². The zero-order valence-electron chi connectivity index (χ0n) is 23.4. The number of rotatable bonds is 10. The lowest BCUT2D eigenvalue weighted by atomic mass is 10.1. The second-order valence-corrected chi connectivity index (χ2v) is 10.5. The molecule has 1 fully saturated rings. The van der Waals surface area contributed by atoms with Gasteiger partial charge in [0.1, 0.15) is 22.7 Å². The van der Waals surface area contributed by atoms with Gasteiger partial charge in [0, 0.05) is 51.0 Å². The molecule has 1 aliphatic heterocycles. The number of alkyl halides is 3. The van der Waals surface area contributed by atoms with Crippen LogP contribution in [0.15, 0.2) is 23.2 Å². The molecule has 0 spiro atoms. The Bertz CT molecular complexity index is 1290. The van der Waals surface area contributed by atoms with Crippen LogP contribution in [-0.4, -0.2) is 97.2 Å². The molecule has 15 heteroatoms. The van der Waals surface area contributed by atoms with Crippen LogP contribution in [-0.2, 0) is 11.0 Å². The fraction of sp³-hybridized carbons (Fsp3) is 0.500. The number of benzene rings is 1. The fourth-order valence-corrected chi connectivity index (χ4v) is 4.75. The minimum absolute atomic E-state index is 0.0973. The van der Waals surface area contributed by atoms with Gasteiger partial charge in [0.05, 0.1) is 5.56 Å². The molecule has 3 rings (SSSR count). The van der Waals surface area contributed by atoms with E-state index in [9.17, 15) is 28.0 Å². The minimum atomic E-state index is -4.74. The molecule has 2 heterocycles. The summed E-state index contributed by atoms with van der Waals surface area (Å²) in [5, 5.41) is 15.1. The van der Waals surface area contributed by atoms with E-state index < -0.39 is 29.6 Å². The third-order valence-corrected chi connectivity index (χ3v) is 7.48. The molecule has 1 aliphatic rings. The maximum absolute atomic E-state index is 13.7. The number of piperazine rings is 1. The number of nitriles is 1. The molecular weight excluding hydrogens is 559 g/mol. The summed E-state index contributed by atoms with van der Waals surface area (Å²) >= 11 is 1.18. The summed E-state index contributed by atoms with van der Waals surface area (Å²) in [5.41, 5.74) is 4.38. The van der Waals surface area contributed by atoms with Gasteiger partial charge in [0.2, 0.25) is 11.9 Å². The summed E-state index contributed by atoms with van der Waals surface area (Å²) in [7, 11) is 3.56. The Hall–Kier alpha value is -3.61. The summed E-state index contributed by atoms with van der Waals surface area (Å²) in [5.74, 6) is -1.35. The van der Waals surface area contributed by atoms with Crippen LogP contribution in [0.3, 0.4) is 0 Å². The molecule has 1 aromatic heterocycles. The van der Waals surface area contributed by atoms with Gasteiger partial charge in [0.15, 0.2) is 5.82 Å². The second kappa shape index (κ2) is 13.8. The number of carbonyl (C=O) groups is 2. The van der Waals surface area contributed by atoms with Gasteiger partial charge >= 0.3 is 6.18 Å². The van der Waals surface area contributed by atoms with E-state index in [1.807, 2.05) is 6.07 Å². The topological polar surface area (TPSA) is 144 Å². The van der Waals surface area contributed by atoms with Crippen LogP contribution in [0.1, 0.15) is 34.8 Å². The quantitative estimate of drug-likeness (QED) is 0.214. The number of hydrogen-bond donors (Lipinski definition) is 3. The number of halogens is 3. The lowest BCUT2D eigenvalue weighted by Gasteiger charge is -2.32. The van der Waals surface area contributed by atoms with Crippen molar-refractivity contribution in [3.63, 3.8) is 0 Å². The molecule has 11 nitrogen and oxygen atoms in total. The Morgan fingerprint density at radius 2 is 1.90 bits per heavy atom. The predicted molar refractivity (Wildman–Crippen MR) is 152 cm³/mol. The van der Waals surface area contributed by atoms with Crippen molar-refractivity contribution in [3.05, 3.63) is 34.9 Å². The first-order valence-electron chi connectivity index (χ1n) is 12.9. The molecule has 41 heavy (non-hydrogen) atoms. The number of amides is 2. The smallest absolute Gasteiger partial charge is 0.368 e. The maximum atomic E-state index is 13.7. The number of thioether (sulfide) groups is 1. The molecule has 1 saturated heterocycles. The molecule has 2 amide bonds. The lowest BCUT2D eigenvalue weighted by molar-refractivity contribution is -0.137. The molecule has 0 radical (unpaired) electrons. The average Bonchev–Trinajstić information content (AvgIpc) is 2.94. The van der Waals surface area contributed by atoms with Crippen LogP contribution in [0.4, 0.5) is 30.6 Å². The third-order valence-electron chi connectivity index (χ3n) is 6.80. The van der Waals surface area contributed by atoms with E-state index in [2.05, 4.69) is 37.4 Å². The fourth-order valence-electron chi connectivity index (χ4n) is 4.22. The van der Waals surface area contributed by atoms with Crippen LogP contribution in [0.5, 0.6) is 0 Å². The molecule has 0 bridgehead atoms. The van der Waals surface area contributed by atoms with Crippen LogP contribution in [0.25, 0.3) is 0 Å². The van der Waals surface area contributed by atoms with Gasteiger partial charge < -0.3 is 31.1 Å². The summed E-state index contributed by atoms with van der Waals surface area (Å²) < 4.78 is 41.0. The number of nitrogens with zero attached hydrogens (tertiary/aromatic N) is 6. The van der Waals surface area contributed by atoms with Crippen molar-refractivity contribution in [2.45, 2.75) is 30.6 Å². The Labute approximate surface area is 241 Å². The van der Waals surface area contributed by atoms with Crippen molar-refractivity contribution in [2.24, 2.45) is 0 Å². The molecule has 0 unspecified atom stereocenters. The van der Waals surface area contributed by atoms with Gasteiger partial charge in [-0.15, -0.1) is 11.8 Å². The normalized spacial score (nSPS) is 15.2. The van der Waals surface area contributed by atoms with Crippen molar-refractivity contribution < 1.29 is 22.8 Å². The van der Waals surface area contributed by atoms with E-state index in [-0.39, 0.29) is 28.6 Å². The highest BCUT2D eigenvalue weighted by Crippen LogP contribution is 2.32. The zero-order chi connectivity index (χ0) is 30.3. The molecule has 4 N–H and O–H groups in total. The van der Waals surface area contributed by atoms with E-state index >= 15 is 0 Å². The number of carbonyl (C=O) groups excluding carboxylic acids is 2. The lowest BCUT2D eigenvalue weighted by Crippen LogP contribution is -2.45. The zero-order valence-corrected chi connectivity index (χ0v) is 24.2. The highest BCUT2D eigenvalue weighted by atomic mass is 32.2. The Morgan fingerprint density at radius 3 is 2.51 bits per heavy atom. The van der Waals surface area contributed by atoms with E-state index in [0.29, 0.717) is 18.0 Å². The SMILES string of the molecule is CSc1nc(N)nc(N(C)[C@@H](C)C(=O)Nc2cc(C(=O)NCCCN3CCN(C)CC3)cc(C(F)(F)F)c2)c1C#N. The number of likely N-dealkylation sites (N-methyl/N-ethyl adjacent to an activating group) is 2. The van der Waals surface area contributed by atoms with Crippen molar-refractivity contribution in [3.8, 4) is 6.07 Å². The largest absolute Gasteiger partial charge is 0.416 e. The monoisotopic (exact) mass is 593 g/mol. The molecule has 222 valence electrons. The summed E-state index contributed by atoms with van der Waals surface area (Å²) in [6.45, 7) is 6.34. The second-order valence-electron chi connectivity index (χ2n) is 9.73. The average molecular weight is 594 g/mol. The molecule has 0 aliphatic carbocycles. The summed E-state index contributed by atoms with van der Waals surface area (Å²) in [4.78, 5) is 39.9. The highest BCUT2D eigenvalue weighted by Gasteiger charge is 2.32. The van der Waals surface area contributed by atoms with Crippen LogP contribution < -0.4 is 21.3 Å². The van der Waals surface area contributed by atoms with Crippen molar-refractivity contribution >= 4 is 41.0 Å². The first kappa shape index (κ1) is 31.9. The molecule has 1 atom stereocenters. The Kier molecular flexibility index (Phi) is 10.8. The van der Waals surface area contributed by atoms with Crippen LogP contribution in [0, 0.1) is 11.3 Å². The predicted octanol–water partition coefficient (Wildman–Crippen LogP) is 2.50. The minimum Gasteiger partial charge on any atom is -0.368 e. The van der Waals surface area contributed by atoms with Crippen molar-refractivity contribution in [1.29, 1.82) is 5.26 Å². The van der Waals surface area contributed by atoms with Crippen LogP contribution >= 0.6 is 11.8 Å². The highest BCUT2D eigenvalue weighted by molar-refractivity contribution is 7.98. The number of nitrogens with one attached hydrogen (secondary N) is 2. The number of anilines is 3. The van der Waals surface area contributed by atoms with Gasteiger partial charge in [-0.05, 0) is 51.4 Å². The van der Waals surface area contributed by atoms with Crippen molar-refractivity contribution in [1.82, 2.24) is 25.1 Å². The molecule has 1 aromatic carbocycles. The molecule has 0 saturated carbocycles. The number of hydrogen-bond acceptors (Lipinski definition) is 10. The third kappa shape index (κ3) is 8.44. The molecule has 2 aromatic rings. The van der Waals surface area contributed by atoms with E-state index in [4.69, 9.17) is 5.73 Å². The van der Waals surface area contributed by atoms with Gasteiger partial charge in [-0.2, -0.15) is 23.4 Å². The van der Waals surface area contributed by atoms with E-state index in [1.54, 1.807) is 6.26 Å². The van der Waals surface area contributed by atoms with Crippen molar-refractivity contribution in [2.75, 3.05) is 75.6 Å². The Morgan fingerprint density at radius 1 is 1.22 bits per heavy atom. The molecular formula is C26H34F3N9O2S. The number of aromatic nitrogens is 2. The Balaban J connectivity index is 1.72. The standard InChI is InChI=1S/C26H34F3N9O2S/c1-16(37(3)21-20(15-30)24(41-4)35-25(31)34-21)22(39)33-19-13-17(12-18(14-19)26(27,28)29)23(40)32-6-5-7-38-10-8-36(2)9-11-38/h12-14,16H,5-11H2,1-4H3,(H,32,40)(H,33,39)(H2,31,34,35)/t16-/m0/s1. The summed E-state index contributed by atoms with van der Waals surface area (Å²) in [6.07, 6.45) is -2.39. The van der Waals surface area contributed by atoms with E-state index in [0.717, 1.165) is 44.9 Å². The van der Waals surface area contributed by atoms with Gasteiger partial charge in [0.25, 0.3) is 5.91 Å². The first-order chi connectivity index (χ1) is 19.3. The summed E-state index contributed by atoms with van der Waals surface area (Å²) in [6, 6.07) is 3.75. The van der Waals surface area contributed by atoms with Gasteiger partial charge in [-0.3, -0.25) is 9.59 Å².